The molecule has 0 radical (unpaired) electrons. The second-order valence-electron chi connectivity index (χ2n) is 5.97. The van der Waals surface area contributed by atoms with Crippen LogP contribution in [0.25, 0.3) is 6.08 Å². The van der Waals surface area contributed by atoms with Crippen LogP contribution in [0.5, 0.6) is 11.5 Å². The van der Waals surface area contributed by atoms with E-state index in [1.54, 1.807) is 38.5 Å². The van der Waals surface area contributed by atoms with E-state index in [0.717, 1.165) is 11.1 Å². The lowest BCUT2D eigenvalue weighted by molar-refractivity contribution is -0.117. The summed E-state index contributed by atoms with van der Waals surface area (Å²) in [5, 5.41) is 5.61. The molecule has 0 bridgehead atoms. The molecule has 0 aliphatic heterocycles. The smallest absolute Gasteiger partial charge is 0.244 e. The summed E-state index contributed by atoms with van der Waals surface area (Å²) >= 11 is 0. The zero-order chi connectivity index (χ0) is 19.8. The Hall–Kier alpha value is -3.28. The summed E-state index contributed by atoms with van der Waals surface area (Å²) < 4.78 is 10.6. The summed E-state index contributed by atoms with van der Waals surface area (Å²) in [7, 11) is 3.17. The first-order chi connectivity index (χ1) is 12.9. The number of methoxy groups -OCH3 is 2. The van der Waals surface area contributed by atoms with Gasteiger partial charge in [-0.25, -0.2) is 0 Å². The van der Waals surface area contributed by atoms with Crippen molar-refractivity contribution in [2.45, 2.75) is 19.9 Å². The van der Waals surface area contributed by atoms with Crippen LogP contribution in [0.2, 0.25) is 0 Å². The van der Waals surface area contributed by atoms with Crippen LogP contribution < -0.4 is 20.1 Å². The van der Waals surface area contributed by atoms with E-state index in [1.807, 2.05) is 31.2 Å². The zero-order valence-corrected chi connectivity index (χ0v) is 15.9. The minimum absolute atomic E-state index is 0.124. The second kappa shape index (κ2) is 9.43. The molecule has 0 saturated carbocycles. The SMILES string of the molecule is COc1ccc(C(C)NC(=O)/C=C/c2ccc(NC(C)=O)cc2)c(OC)c1. The van der Waals surface area contributed by atoms with Crippen LogP contribution in [0.4, 0.5) is 5.69 Å². The first-order valence-electron chi connectivity index (χ1n) is 8.51. The Morgan fingerprint density at radius 3 is 2.33 bits per heavy atom. The van der Waals surface area contributed by atoms with E-state index in [2.05, 4.69) is 10.6 Å². The fourth-order valence-corrected chi connectivity index (χ4v) is 2.57. The molecule has 2 rings (SSSR count). The number of hydrogen-bond acceptors (Lipinski definition) is 4. The van der Waals surface area contributed by atoms with Crippen molar-refractivity contribution in [1.29, 1.82) is 0 Å². The standard InChI is InChI=1S/C21H24N2O4/c1-14(19-11-10-18(26-3)13-20(19)27-4)22-21(25)12-7-16-5-8-17(9-6-16)23-15(2)24/h5-14H,1-4H3,(H,22,25)(H,23,24)/b12-7+. The molecule has 0 aliphatic carbocycles. The minimum atomic E-state index is -0.231. The molecular weight excluding hydrogens is 344 g/mol. The van der Waals surface area contributed by atoms with Gasteiger partial charge in [-0.05, 0) is 42.8 Å². The maximum Gasteiger partial charge on any atom is 0.244 e. The summed E-state index contributed by atoms with van der Waals surface area (Å²) in [6.45, 7) is 3.34. The number of carbonyl (C=O) groups excluding carboxylic acids is 2. The topological polar surface area (TPSA) is 76.7 Å². The summed E-state index contributed by atoms with van der Waals surface area (Å²) in [5.74, 6) is 1.00. The average molecular weight is 368 g/mol. The second-order valence-corrected chi connectivity index (χ2v) is 5.97. The third-order valence-corrected chi connectivity index (χ3v) is 3.92. The van der Waals surface area contributed by atoms with Gasteiger partial charge in [-0.1, -0.05) is 12.1 Å². The Labute approximate surface area is 159 Å². The molecule has 6 heteroatoms. The summed E-state index contributed by atoms with van der Waals surface area (Å²) in [5.41, 5.74) is 2.43. The third-order valence-electron chi connectivity index (χ3n) is 3.92. The van der Waals surface area contributed by atoms with Gasteiger partial charge in [0, 0.05) is 30.3 Å². The van der Waals surface area contributed by atoms with Gasteiger partial charge in [-0.3, -0.25) is 9.59 Å². The predicted molar refractivity (Wildman–Crippen MR) is 106 cm³/mol. The highest BCUT2D eigenvalue weighted by Crippen LogP contribution is 2.29. The molecule has 0 aliphatic rings. The highest BCUT2D eigenvalue weighted by atomic mass is 16.5. The Morgan fingerprint density at radius 1 is 1.04 bits per heavy atom. The van der Waals surface area contributed by atoms with Crippen molar-refractivity contribution >= 4 is 23.6 Å². The number of amides is 2. The number of carbonyl (C=O) groups is 2. The van der Waals surface area contributed by atoms with E-state index in [0.29, 0.717) is 17.2 Å². The van der Waals surface area contributed by atoms with Gasteiger partial charge in [-0.2, -0.15) is 0 Å². The molecule has 0 spiro atoms. The minimum Gasteiger partial charge on any atom is -0.497 e. The Kier molecular flexibility index (Phi) is 7.00. The molecule has 0 fully saturated rings. The van der Waals surface area contributed by atoms with Crippen LogP contribution in [0.15, 0.2) is 48.5 Å². The molecule has 0 aromatic heterocycles. The Morgan fingerprint density at radius 2 is 1.74 bits per heavy atom. The van der Waals surface area contributed by atoms with Gasteiger partial charge < -0.3 is 20.1 Å². The number of benzene rings is 2. The molecule has 2 aromatic rings. The summed E-state index contributed by atoms with van der Waals surface area (Å²) in [6.07, 6.45) is 3.19. The van der Waals surface area contributed by atoms with E-state index < -0.39 is 0 Å². The van der Waals surface area contributed by atoms with Crippen LogP contribution in [0, 0.1) is 0 Å². The van der Waals surface area contributed by atoms with E-state index in [9.17, 15) is 9.59 Å². The number of ether oxygens (including phenoxy) is 2. The van der Waals surface area contributed by atoms with Crippen molar-refractivity contribution in [2.75, 3.05) is 19.5 Å². The largest absolute Gasteiger partial charge is 0.497 e. The van der Waals surface area contributed by atoms with Crippen molar-refractivity contribution in [3.8, 4) is 11.5 Å². The van der Waals surface area contributed by atoms with Crippen LogP contribution in [0.1, 0.15) is 31.0 Å². The number of nitrogens with one attached hydrogen (secondary N) is 2. The van der Waals surface area contributed by atoms with E-state index in [1.165, 1.54) is 13.0 Å². The van der Waals surface area contributed by atoms with Crippen LogP contribution >= 0.6 is 0 Å². The van der Waals surface area contributed by atoms with Crippen LogP contribution in [-0.2, 0) is 9.59 Å². The molecule has 6 nitrogen and oxygen atoms in total. The van der Waals surface area contributed by atoms with Gasteiger partial charge >= 0.3 is 0 Å². The molecule has 2 amide bonds. The quantitative estimate of drug-likeness (QED) is 0.733. The molecule has 1 atom stereocenters. The molecular formula is C21H24N2O4. The average Bonchev–Trinajstić information content (AvgIpc) is 2.66. The van der Waals surface area contributed by atoms with E-state index >= 15 is 0 Å². The lowest BCUT2D eigenvalue weighted by atomic mass is 10.1. The monoisotopic (exact) mass is 368 g/mol. The van der Waals surface area contributed by atoms with Gasteiger partial charge in [-0.15, -0.1) is 0 Å². The first kappa shape index (κ1) is 20.0. The Balaban J connectivity index is 2.00. The first-order valence-corrected chi connectivity index (χ1v) is 8.51. The molecule has 2 N–H and O–H groups in total. The van der Waals surface area contributed by atoms with Crippen molar-refractivity contribution in [2.24, 2.45) is 0 Å². The van der Waals surface area contributed by atoms with Crippen molar-refractivity contribution < 1.29 is 19.1 Å². The molecule has 27 heavy (non-hydrogen) atoms. The number of rotatable bonds is 7. The predicted octanol–water partition coefficient (Wildman–Crippen LogP) is 3.55. The fraction of sp³-hybridized carbons (Fsp3) is 0.238. The number of anilines is 1. The molecule has 2 aromatic carbocycles. The lowest BCUT2D eigenvalue weighted by Crippen LogP contribution is -2.25. The van der Waals surface area contributed by atoms with E-state index in [4.69, 9.17) is 9.47 Å². The Bertz CT molecular complexity index is 829. The third kappa shape index (κ3) is 5.88. The molecule has 0 heterocycles. The highest BCUT2D eigenvalue weighted by Gasteiger charge is 2.13. The molecule has 0 saturated heterocycles. The van der Waals surface area contributed by atoms with Crippen molar-refractivity contribution in [3.63, 3.8) is 0 Å². The summed E-state index contributed by atoms with van der Waals surface area (Å²) in [6, 6.07) is 12.5. The lowest BCUT2D eigenvalue weighted by Gasteiger charge is -2.17. The van der Waals surface area contributed by atoms with Gasteiger partial charge in [0.15, 0.2) is 0 Å². The van der Waals surface area contributed by atoms with Gasteiger partial charge in [0.25, 0.3) is 0 Å². The number of hydrogen-bond donors (Lipinski definition) is 2. The van der Waals surface area contributed by atoms with E-state index in [-0.39, 0.29) is 17.9 Å². The maximum atomic E-state index is 12.2. The fourth-order valence-electron chi connectivity index (χ4n) is 2.57. The normalized spacial score (nSPS) is 11.7. The van der Waals surface area contributed by atoms with Crippen LogP contribution in [0.3, 0.4) is 0 Å². The van der Waals surface area contributed by atoms with Crippen molar-refractivity contribution in [1.82, 2.24) is 5.32 Å². The van der Waals surface area contributed by atoms with Crippen LogP contribution in [-0.4, -0.2) is 26.0 Å². The highest BCUT2D eigenvalue weighted by molar-refractivity contribution is 5.92. The van der Waals surface area contributed by atoms with Gasteiger partial charge in [0.1, 0.15) is 11.5 Å². The maximum absolute atomic E-state index is 12.2. The molecule has 1 unspecified atom stereocenters. The van der Waals surface area contributed by atoms with Gasteiger partial charge in [0.05, 0.1) is 20.3 Å². The van der Waals surface area contributed by atoms with Crippen molar-refractivity contribution in [3.05, 3.63) is 59.7 Å². The molecule has 142 valence electrons. The summed E-state index contributed by atoms with van der Waals surface area (Å²) in [4.78, 5) is 23.2. The zero-order valence-electron chi connectivity index (χ0n) is 15.9. The van der Waals surface area contributed by atoms with Gasteiger partial charge in [0.2, 0.25) is 11.8 Å².